The van der Waals surface area contributed by atoms with Gasteiger partial charge in [0.15, 0.2) is 0 Å². The molecule has 2 aromatic rings. The molecule has 0 saturated heterocycles. The number of hydrogen-bond donors (Lipinski definition) is 2. The van der Waals surface area contributed by atoms with Gasteiger partial charge in [-0.2, -0.15) is 0 Å². The molecular weight excluding hydrogens is 407 g/mol. The minimum Gasteiger partial charge on any atom is -0.325 e. The van der Waals surface area contributed by atoms with Crippen molar-refractivity contribution in [3.05, 3.63) is 48.2 Å². The lowest BCUT2D eigenvalue weighted by Gasteiger charge is -2.18. The minimum absolute atomic E-state index is 0.0271. The third-order valence-electron chi connectivity index (χ3n) is 3.37. The zero-order chi connectivity index (χ0) is 14.3. The summed E-state index contributed by atoms with van der Waals surface area (Å²) in [4.78, 5) is 11.5. The average molecular weight is 419 g/mol. The summed E-state index contributed by atoms with van der Waals surface area (Å²) < 4.78 is 1.24. The maximum Gasteiger partial charge on any atom is 0.228 e. The summed E-state index contributed by atoms with van der Waals surface area (Å²) in [6.45, 7) is 0. The highest BCUT2D eigenvalue weighted by Gasteiger charge is 2.23. The predicted octanol–water partition coefficient (Wildman–Crippen LogP) is 3.81. The van der Waals surface area contributed by atoms with E-state index < -0.39 is 0 Å². The maximum atomic E-state index is 11.5. The van der Waals surface area contributed by atoms with Crippen LogP contribution in [0.25, 0.3) is 0 Å². The second-order valence-corrected chi connectivity index (χ2v) is 7.87. The fourth-order valence-electron chi connectivity index (χ4n) is 2.46. The number of carbonyl (C=O) groups excluding carboxylic acids is 1. The van der Waals surface area contributed by atoms with Gasteiger partial charge in [-0.25, -0.2) is 0 Å². The molecule has 20 heavy (non-hydrogen) atoms. The molecule has 1 amide bonds. The average Bonchev–Trinajstić information content (AvgIpc) is 2.96. The number of anilines is 1. The van der Waals surface area contributed by atoms with E-state index >= 15 is 0 Å². The number of nitrogens with one attached hydrogen (secondary N) is 2. The molecule has 0 radical (unpaired) electrons. The van der Waals surface area contributed by atoms with Crippen molar-refractivity contribution in [1.29, 1.82) is 0 Å². The van der Waals surface area contributed by atoms with Crippen LogP contribution in [0, 0.1) is 2.88 Å². The summed E-state index contributed by atoms with van der Waals surface area (Å²) in [5, 5.41) is 8.94. The molecule has 0 saturated carbocycles. The van der Waals surface area contributed by atoms with E-state index in [-0.39, 0.29) is 11.9 Å². The summed E-state index contributed by atoms with van der Waals surface area (Å²) in [6.07, 6.45) is 0.428. The summed E-state index contributed by atoms with van der Waals surface area (Å²) in [6, 6.07) is 6.07. The van der Waals surface area contributed by atoms with Crippen molar-refractivity contribution >= 4 is 57.1 Å². The smallest absolute Gasteiger partial charge is 0.228 e. The molecule has 1 atom stereocenters. The van der Waals surface area contributed by atoms with Crippen LogP contribution in [0.4, 0.5) is 5.69 Å². The molecule has 0 spiro atoms. The molecule has 3 nitrogen and oxygen atoms in total. The molecule has 1 aliphatic heterocycles. The first kappa shape index (κ1) is 14.3. The minimum atomic E-state index is 0.0271. The highest BCUT2D eigenvalue weighted by atomic mass is 127. The van der Waals surface area contributed by atoms with Gasteiger partial charge in [-0.05, 0) is 69.9 Å². The molecule has 6 heteroatoms. The van der Waals surface area contributed by atoms with Crippen LogP contribution in [-0.2, 0) is 11.2 Å². The van der Waals surface area contributed by atoms with Crippen molar-refractivity contribution < 1.29 is 4.79 Å². The van der Waals surface area contributed by atoms with Crippen LogP contribution < -0.4 is 10.6 Å². The molecule has 1 aromatic carbocycles. The van der Waals surface area contributed by atoms with Crippen LogP contribution in [0.2, 0.25) is 5.02 Å². The quantitative estimate of drug-likeness (QED) is 0.744. The monoisotopic (exact) mass is 418 g/mol. The Bertz CT molecular complexity index is 686. The first-order valence-electron chi connectivity index (χ1n) is 6.12. The van der Waals surface area contributed by atoms with E-state index in [1.54, 1.807) is 11.3 Å². The van der Waals surface area contributed by atoms with Crippen LogP contribution in [0.5, 0.6) is 0 Å². The van der Waals surface area contributed by atoms with Crippen LogP contribution in [-0.4, -0.2) is 13.0 Å². The third-order valence-corrected chi connectivity index (χ3v) is 5.50. The highest BCUT2D eigenvalue weighted by Crippen LogP contribution is 2.36. The number of halogens is 2. The first-order valence-corrected chi connectivity index (χ1v) is 8.45. The van der Waals surface area contributed by atoms with E-state index in [1.165, 1.54) is 8.45 Å². The summed E-state index contributed by atoms with van der Waals surface area (Å²) >= 11 is 10.4. The van der Waals surface area contributed by atoms with Crippen LogP contribution in [0.3, 0.4) is 0 Å². The van der Waals surface area contributed by atoms with Crippen LogP contribution in [0.15, 0.2) is 23.6 Å². The fourth-order valence-corrected chi connectivity index (χ4v) is 4.14. The van der Waals surface area contributed by atoms with Crippen molar-refractivity contribution in [2.45, 2.75) is 12.5 Å². The molecule has 0 bridgehead atoms. The summed E-state index contributed by atoms with van der Waals surface area (Å²) in [5.74, 6) is 0.0271. The molecule has 2 N–H and O–H groups in total. The zero-order valence-electron chi connectivity index (χ0n) is 10.7. The SMILES string of the molecule is CNC(c1csc(I)c1)c1cc2c(cc1Cl)NC(=O)C2. The zero-order valence-corrected chi connectivity index (χ0v) is 14.4. The Kier molecular flexibility index (Phi) is 4.03. The van der Waals surface area contributed by atoms with Gasteiger partial charge in [-0.3, -0.25) is 4.79 Å². The Labute approximate surface area is 139 Å². The Morgan fingerprint density at radius 2 is 2.25 bits per heavy atom. The van der Waals surface area contributed by atoms with Crippen molar-refractivity contribution in [2.24, 2.45) is 0 Å². The lowest BCUT2D eigenvalue weighted by Crippen LogP contribution is -2.17. The van der Waals surface area contributed by atoms with E-state index in [0.717, 1.165) is 16.8 Å². The van der Waals surface area contributed by atoms with Gasteiger partial charge < -0.3 is 10.6 Å². The maximum absolute atomic E-state index is 11.5. The Balaban J connectivity index is 2.05. The third kappa shape index (κ3) is 2.59. The van der Waals surface area contributed by atoms with Crippen molar-refractivity contribution in [3.8, 4) is 0 Å². The normalized spacial score (nSPS) is 15.1. The Morgan fingerprint density at radius 1 is 1.45 bits per heavy atom. The van der Waals surface area contributed by atoms with Crippen molar-refractivity contribution in [2.75, 3.05) is 12.4 Å². The number of rotatable bonds is 3. The number of hydrogen-bond acceptors (Lipinski definition) is 3. The lowest BCUT2D eigenvalue weighted by atomic mass is 9.98. The van der Waals surface area contributed by atoms with E-state index in [1.807, 2.05) is 19.2 Å². The van der Waals surface area contributed by atoms with Gasteiger partial charge in [0.05, 0.1) is 15.3 Å². The summed E-state index contributed by atoms with van der Waals surface area (Å²) in [7, 11) is 1.92. The van der Waals surface area contributed by atoms with Crippen molar-refractivity contribution in [3.63, 3.8) is 0 Å². The number of amides is 1. The largest absolute Gasteiger partial charge is 0.325 e. The molecular formula is C14H12ClIN2OS. The first-order chi connectivity index (χ1) is 9.58. The highest BCUT2D eigenvalue weighted by molar-refractivity contribution is 14.1. The lowest BCUT2D eigenvalue weighted by molar-refractivity contribution is -0.115. The van der Waals surface area contributed by atoms with E-state index in [4.69, 9.17) is 11.6 Å². The van der Waals surface area contributed by atoms with Gasteiger partial charge in [0, 0.05) is 10.7 Å². The molecule has 0 fully saturated rings. The Morgan fingerprint density at radius 3 is 2.90 bits per heavy atom. The molecule has 1 aromatic heterocycles. The molecule has 1 aliphatic rings. The van der Waals surface area contributed by atoms with Gasteiger partial charge >= 0.3 is 0 Å². The topological polar surface area (TPSA) is 41.1 Å². The number of benzene rings is 1. The molecule has 2 heterocycles. The molecule has 104 valence electrons. The summed E-state index contributed by atoms with van der Waals surface area (Å²) in [5.41, 5.74) is 4.05. The van der Waals surface area contributed by atoms with Gasteiger partial charge in [-0.1, -0.05) is 11.6 Å². The number of thiophene rings is 1. The van der Waals surface area contributed by atoms with Crippen LogP contribution in [0.1, 0.15) is 22.7 Å². The number of fused-ring (bicyclic) bond motifs is 1. The van der Waals surface area contributed by atoms with Crippen LogP contribution >= 0.6 is 45.5 Å². The van der Waals surface area contributed by atoms with Crippen molar-refractivity contribution in [1.82, 2.24) is 5.32 Å². The second kappa shape index (κ2) is 5.63. The van der Waals surface area contributed by atoms with E-state index in [2.05, 4.69) is 44.7 Å². The number of carbonyl (C=O) groups is 1. The van der Waals surface area contributed by atoms with Gasteiger partial charge in [-0.15, -0.1) is 11.3 Å². The van der Waals surface area contributed by atoms with Gasteiger partial charge in [0.2, 0.25) is 5.91 Å². The molecule has 3 rings (SSSR count). The Hall–Kier alpha value is -0.630. The molecule has 1 unspecified atom stereocenters. The standard InChI is InChI=1S/C14H12ClIN2OS/c1-17-14(8-3-12(16)20-6-8)9-2-7-4-13(19)18-11(7)5-10(9)15/h2-3,5-6,14,17H,4H2,1H3,(H,18,19). The van der Waals surface area contributed by atoms with E-state index in [9.17, 15) is 4.79 Å². The predicted molar refractivity (Wildman–Crippen MR) is 91.7 cm³/mol. The van der Waals surface area contributed by atoms with E-state index in [0.29, 0.717) is 11.4 Å². The molecule has 0 aliphatic carbocycles. The van der Waals surface area contributed by atoms with Gasteiger partial charge in [0.25, 0.3) is 0 Å². The van der Waals surface area contributed by atoms with Gasteiger partial charge in [0.1, 0.15) is 0 Å². The fraction of sp³-hybridized carbons (Fsp3) is 0.214. The second-order valence-electron chi connectivity index (χ2n) is 4.66.